The summed E-state index contributed by atoms with van der Waals surface area (Å²) < 4.78 is 10.7. The number of amides is 6. The smallest absolute Gasteiger partial charge is 0.326 e. The molecule has 0 unspecified atom stereocenters. The van der Waals surface area contributed by atoms with Gasteiger partial charge in [-0.2, -0.15) is 0 Å². The van der Waals surface area contributed by atoms with Gasteiger partial charge in [-0.1, -0.05) is 114 Å². The number of carboxylic acid groups (broad SMARTS) is 2. The highest BCUT2D eigenvalue weighted by atomic mass is 16.5. The lowest BCUT2D eigenvalue weighted by atomic mass is 10.0. The van der Waals surface area contributed by atoms with Crippen LogP contribution in [0, 0.1) is 0 Å². The summed E-state index contributed by atoms with van der Waals surface area (Å²) in [6.07, 6.45) is 16.5. The molecular formula is C47H76N6O12. The Kier molecular flexibility index (Phi) is 28.8. The van der Waals surface area contributed by atoms with Crippen molar-refractivity contribution < 1.29 is 58.0 Å². The zero-order valence-corrected chi connectivity index (χ0v) is 38.9. The monoisotopic (exact) mass is 917 g/mol. The maximum Gasteiger partial charge on any atom is 0.326 e. The second kappa shape index (κ2) is 33.4. The second-order valence-electron chi connectivity index (χ2n) is 16.8. The van der Waals surface area contributed by atoms with Gasteiger partial charge in [0.15, 0.2) is 0 Å². The predicted octanol–water partition coefficient (Wildman–Crippen LogP) is 3.78. The molecule has 0 bridgehead atoms. The van der Waals surface area contributed by atoms with Crippen LogP contribution in [0.3, 0.4) is 0 Å². The highest BCUT2D eigenvalue weighted by molar-refractivity contribution is 5.95. The van der Waals surface area contributed by atoms with Gasteiger partial charge in [-0.15, -0.1) is 0 Å². The van der Waals surface area contributed by atoms with Crippen LogP contribution in [0.2, 0.25) is 0 Å². The summed E-state index contributed by atoms with van der Waals surface area (Å²) in [7, 11) is 0. The summed E-state index contributed by atoms with van der Waals surface area (Å²) in [5.41, 5.74) is 0.732. The summed E-state index contributed by atoms with van der Waals surface area (Å²) in [5, 5.41) is 32.0. The quantitative estimate of drug-likeness (QED) is 0.0475. The zero-order chi connectivity index (χ0) is 47.8. The molecule has 0 radical (unpaired) electrons. The third-order valence-corrected chi connectivity index (χ3v) is 11.2. The first-order valence-corrected chi connectivity index (χ1v) is 23.6. The Labute approximate surface area is 384 Å². The van der Waals surface area contributed by atoms with E-state index in [9.17, 15) is 48.6 Å². The van der Waals surface area contributed by atoms with Gasteiger partial charge in [0.2, 0.25) is 35.4 Å². The van der Waals surface area contributed by atoms with E-state index >= 15 is 0 Å². The minimum atomic E-state index is -1.20. The van der Waals surface area contributed by atoms with Crippen LogP contribution in [0.4, 0.5) is 0 Å². The molecule has 6 amide bonds. The fourth-order valence-corrected chi connectivity index (χ4v) is 7.46. The number of carbonyl (C=O) groups excluding carboxylic acids is 6. The maximum absolute atomic E-state index is 13.3. The van der Waals surface area contributed by atoms with E-state index in [1.165, 1.54) is 76.5 Å². The van der Waals surface area contributed by atoms with Crippen LogP contribution in [0.1, 0.15) is 142 Å². The van der Waals surface area contributed by atoms with E-state index in [2.05, 4.69) is 33.5 Å². The molecule has 18 heteroatoms. The summed E-state index contributed by atoms with van der Waals surface area (Å²) in [4.78, 5) is 101. The van der Waals surface area contributed by atoms with Crippen molar-refractivity contribution in [2.24, 2.45) is 0 Å². The Hall–Kier alpha value is -5.10. The van der Waals surface area contributed by atoms with Gasteiger partial charge < -0.3 is 51.2 Å². The van der Waals surface area contributed by atoms with E-state index < -0.39 is 65.8 Å². The minimum Gasteiger partial charge on any atom is -0.480 e. The van der Waals surface area contributed by atoms with Crippen molar-refractivity contribution in [2.45, 2.75) is 173 Å². The number of likely N-dealkylation sites (tertiary alicyclic amines) is 1. The molecule has 0 aliphatic carbocycles. The molecule has 1 aromatic rings. The van der Waals surface area contributed by atoms with Crippen molar-refractivity contribution in [1.82, 2.24) is 31.5 Å². The first-order chi connectivity index (χ1) is 31.2. The summed E-state index contributed by atoms with van der Waals surface area (Å²) >= 11 is 0. The Morgan fingerprint density at radius 1 is 0.662 bits per heavy atom. The average molecular weight is 917 g/mol. The molecule has 0 saturated carbocycles. The normalized spacial score (nSPS) is 15.2. The van der Waals surface area contributed by atoms with Crippen LogP contribution in [0.5, 0.6) is 0 Å². The molecule has 2 rings (SSSR count). The molecule has 1 fully saturated rings. The molecular weight excluding hydrogens is 841 g/mol. The van der Waals surface area contributed by atoms with Crippen molar-refractivity contribution in [3.63, 3.8) is 0 Å². The predicted molar refractivity (Wildman–Crippen MR) is 243 cm³/mol. The van der Waals surface area contributed by atoms with E-state index in [-0.39, 0.29) is 77.0 Å². The number of ether oxygens (including phenoxy) is 2. The van der Waals surface area contributed by atoms with Crippen molar-refractivity contribution in [2.75, 3.05) is 39.5 Å². The summed E-state index contributed by atoms with van der Waals surface area (Å²) in [6.45, 7) is 5.43. The highest BCUT2D eigenvalue weighted by Crippen LogP contribution is 2.19. The summed E-state index contributed by atoms with van der Waals surface area (Å²) in [6, 6.07) is 3.55. The fourth-order valence-electron chi connectivity index (χ4n) is 7.46. The molecule has 1 aliphatic heterocycles. The molecule has 1 saturated heterocycles. The SMILES string of the molecule is CCCCCCCCCCCCCCCC(=O)N[C@@H](CCC(=O)NCCOCCOCC(=O)N[C@@H](C)C(=O)N[C@@H](C)C(=O)N1CCC[C@H]1C(=O)N[C@@H](Cc1ccccc1)C(=O)O)C(=O)O. The van der Waals surface area contributed by atoms with E-state index in [0.29, 0.717) is 19.3 Å². The van der Waals surface area contributed by atoms with Crippen molar-refractivity contribution in [3.05, 3.63) is 35.9 Å². The second-order valence-corrected chi connectivity index (χ2v) is 16.8. The van der Waals surface area contributed by atoms with Gasteiger partial charge in [0.1, 0.15) is 36.8 Å². The van der Waals surface area contributed by atoms with Gasteiger partial charge in [-0.25, -0.2) is 9.59 Å². The number of benzene rings is 1. The minimum absolute atomic E-state index is 0.0385. The number of unbranched alkanes of at least 4 members (excludes halogenated alkanes) is 12. The summed E-state index contributed by atoms with van der Waals surface area (Å²) in [5.74, 6) is -5.45. The van der Waals surface area contributed by atoms with Gasteiger partial charge in [0.25, 0.3) is 0 Å². The Morgan fingerprint density at radius 3 is 1.88 bits per heavy atom. The number of nitrogens with zero attached hydrogens (tertiary/aromatic N) is 1. The number of hydrogen-bond donors (Lipinski definition) is 7. The van der Waals surface area contributed by atoms with Crippen LogP contribution >= 0.6 is 0 Å². The fraction of sp³-hybridized carbons (Fsp3) is 0.702. The molecule has 65 heavy (non-hydrogen) atoms. The third-order valence-electron chi connectivity index (χ3n) is 11.2. The van der Waals surface area contributed by atoms with Gasteiger partial charge in [-0.05, 0) is 45.1 Å². The topological polar surface area (TPSA) is 259 Å². The van der Waals surface area contributed by atoms with Crippen LogP contribution < -0.4 is 26.6 Å². The molecule has 0 aromatic heterocycles. The van der Waals surface area contributed by atoms with Crippen molar-refractivity contribution in [3.8, 4) is 0 Å². The first-order valence-electron chi connectivity index (χ1n) is 23.6. The van der Waals surface area contributed by atoms with Crippen molar-refractivity contribution in [1.29, 1.82) is 0 Å². The van der Waals surface area contributed by atoms with Crippen LogP contribution in [-0.4, -0.2) is 132 Å². The van der Waals surface area contributed by atoms with Crippen LogP contribution in [-0.2, 0) is 54.3 Å². The van der Waals surface area contributed by atoms with Gasteiger partial charge in [0, 0.05) is 32.4 Å². The number of aliphatic carboxylic acids is 2. The largest absolute Gasteiger partial charge is 0.480 e. The lowest BCUT2D eigenvalue weighted by Gasteiger charge is -2.28. The number of rotatable bonds is 36. The standard InChI is InChI=1S/C47H76N6O12/c1-4-5-6-7-8-9-10-11-12-13-14-15-19-24-41(55)51-37(46(60)61)25-26-40(54)48-27-29-64-30-31-65-33-42(56)49-34(2)43(57)50-35(3)45(59)53-28-20-23-39(53)44(58)52-38(47(62)63)32-36-21-17-16-18-22-36/h16-18,21-22,34-35,37-39H,4-15,19-20,23-33H2,1-3H3,(H,48,54)(H,49,56)(H,50,57)(H,51,55)(H,52,58)(H,60,61)(H,62,63)/t34-,35-,37-,38-,39-/m0/s1. The molecule has 1 aromatic carbocycles. The number of carboxylic acids is 2. The molecule has 18 nitrogen and oxygen atoms in total. The van der Waals surface area contributed by atoms with E-state index in [4.69, 9.17) is 9.47 Å². The lowest BCUT2D eigenvalue weighted by Crippen LogP contribution is -2.56. The van der Waals surface area contributed by atoms with Gasteiger partial charge in [-0.3, -0.25) is 28.8 Å². The average Bonchev–Trinajstić information content (AvgIpc) is 3.77. The Morgan fingerprint density at radius 2 is 1.26 bits per heavy atom. The van der Waals surface area contributed by atoms with Crippen molar-refractivity contribution >= 4 is 47.4 Å². The highest BCUT2D eigenvalue weighted by Gasteiger charge is 2.38. The number of nitrogens with one attached hydrogen (secondary N) is 5. The van der Waals surface area contributed by atoms with Gasteiger partial charge >= 0.3 is 11.9 Å². The van der Waals surface area contributed by atoms with Crippen LogP contribution in [0.15, 0.2) is 30.3 Å². The molecule has 0 spiro atoms. The lowest BCUT2D eigenvalue weighted by molar-refractivity contribution is -0.144. The zero-order valence-electron chi connectivity index (χ0n) is 38.9. The molecule has 7 N–H and O–H groups in total. The van der Waals surface area contributed by atoms with Crippen LogP contribution in [0.25, 0.3) is 0 Å². The molecule has 1 heterocycles. The van der Waals surface area contributed by atoms with E-state index in [1.54, 1.807) is 30.3 Å². The molecule has 5 atom stereocenters. The first kappa shape index (κ1) is 56.0. The maximum atomic E-state index is 13.3. The molecule has 1 aliphatic rings. The molecule has 366 valence electrons. The van der Waals surface area contributed by atoms with Gasteiger partial charge in [0.05, 0.1) is 19.8 Å². The van der Waals surface area contributed by atoms with E-state index in [0.717, 1.165) is 24.8 Å². The van der Waals surface area contributed by atoms with E-state index in [1.807, 2.05) is 0 Å². The Balaban J connectivity index is 1.54. The third kappa shape index (κ3) is 24.7. The Bertz CT molecular complexity index is 1610. The number of carbonyl (C=O) groups is 8. The number of hydrogen-bond acceptors (Lipinski definition) is 10.